The molecule has 0 spiro atoms. The molecule has 0 aromatic carbocycles. The lowest BCUT2D eigenvalue weighted by Crippen LogP contribution is -2.36. The third-order valence-corrected chi connectivity index (χ3v) is 6.04. The molecule has 0 radical (unpaired) electrons. The van der Waals surface area contributed by atoms with Gasteiger partial charge in [0, 0.05) is 24.5 Å². The van der Waals surface area contributed by atoms with Crippen LogP contribution in [0.5, 0.6) is 0 Å². The summed E-state index contributed by atoms with van der Waals surface area (Å²) >= 11 is 0. The molecule has 0 atom stereocenters. The van der Waals surface area contributed by atoms with Crippen LogP contribution in [0.3, 0.4) is 0 Å². The molecule has 0 saturated carbocycles. The van der Waals surface area contributed by atoms with Crippen LogP contribution in [-0.2, 0) is 16.6 Å². The van der Waals surface area contributed by atoms with Gasteiger partial charge in [0.25, 0.3) is 10.0 Å². The SMILES string of the molecule is CC(C)(C)CN(Cc1cc(-c2cccnc2C#N)n(S(=O)(=O)c2ccoc2)c1)C(=O)O. The monoisotopic (exact) mass is 442 g/mol. The van der Waals surface area contributed by atoms with E-state index in [1.54, 1.807) is 18.2 Å². The summed E-state index contributed by atoms with van der Waals surface area (Å²) in [4.78, 5) is 16.9. The zero-order valence-corrected chi connectivity index (χ0v) is 18.1. The second-order valence-corrected chi connectivity index (χ2v) is 10.0. The van der Waals surface area contributed by atoms with Gasteiger partial charge in [-0.1, -0.05) is 20.8 Å². The van der Waals surface area contributed by atoms with E-state index in [2.05, 4.69) is 4.98 Å². The lowest BCUT2D eigenvalue weighted by Gasteiger charge is -2.27. The van der Waals surface area contributed by atoms with Gasteiger partial charge in [0.2, 0.25) is 0 Å². The van der Waals surface area contributed by atoms with Crippen molar-refractivity contribution in [3.05, 3.63) is 60.4 Å². The van der Waals surface area contributed by atoms with Crippen LogP contribution in [0.4, 0.5) is 4.79 Å². The van der Waals surface area contributed by atoms with Crippen LogP contribution in [0.15, 0.2) is 58.5 Å². The molecule has 0 bridgehead atoms. The second-order valence-electron chi connectivity index (χ2n) is 8.20. The number of rotatable bonds is 6. The lowest BCUT2D eigenvalue weighted by molar-refractivity contribution is 0.123. The van der Waals surface area contributed by atoms with Gasteiger partial charge < -0.3 is 14.4 Å². The summed E-state index contributed by atoms with van der Waals surface area (Å²) in [6, 6.07) is 8.04. The third kappa shape index (κ3) is 4.78. The molecule has 0 saturated heterocycles. The highest BCUT2D eigenvalue weighted by atomic mass is 32.2. The smallest absolute Gasteiger partial charge is 0.407 e. The average Bonchev–Trinajstić information content (AvgIpc) is 3.37. The molecule has 31 heavy (non-hydrogen) atoms. The first-order chi connectivity index (χ1) is 14.5. The second kappa shape index (κ2) is 8.28. The maximum Gasteiger partial charge on any atom is 0.407 e. The van der Waals surface area contributed by atoms with E-state index in [9.17, 15) is 23.6 Å². The van der Waals surface area contributed by atoms with Crippen LogP contribution in [0.2, 0.25) is 0 Å². The van der Waals surface area contributed by atoms with E-state index in [1.165, 1.54) is 29.6 Å². The van der Waals surface area contributed by atoms with Gasteiger partial charge in [0.05, 0.1) is 18.5 Å². The number of amides is 1. The summed E-state index contributed by atoms with van der Waals surface area (Å²) in [5.41, 5.74) is 0.759. The molecule has 9 nitrogen and oxygen atoms in total. The van der Waals surface area contributed by atoms with Crippen molar-refractivity contribution in [1.82, 2.24) is 13.9 Å². The largest absolute Gasteiger partial charge is 0.471 e. The number of hydrogen-bond donors (Lipinski definition) is 1. The van der Waals surface area contributed by atoms with E-state index < -0.39 is 16.1 Å². The van der Waals surface area contributed by atoms with Crippen LogP contribution in [0.1, 0.15) is 32.0 Å². The summed E-state index contributed by atoms with van der Waals surface area (Å²) in [6.07, 6.45) is 4.05. The Bertz CT molecular complexity index is 1230. The molecule has 0 fully saturated rings. The summed E-state index contributed by atoms with van der Waals surface area (Å²) in [5.74, 6) is 0. The molecule has 162 valence electrons. The molecule has 0 aliphatic heterocycles. The quantitative estimate of drug-likeness (QED) is 0.615. The van der Waals surface area contributed by atoms with Crippen molar-refractivity contribution in [2.24, 2.45) is 5.41 Å². The van der Waals surface area contributed by atoms with E-state index in [4.69, 9.17) is 4.42 Å². The maximum atomic E-state index is 13.2. The molecular weight excluding hydrogens is 420 g/mol. The number of carbonyl (C=O) groups is 1. The van der Waals surface area contributed by atoms with Crippen LogP contribution in [-0.4, -0.2) is 40.0 Å². The minimum absolute atomic E-state index is 0.0182. The number of nitriles is 1. The molecule has 3 aromatic rings. The Labute approximate surface area is 180 Å². The van der Waals surface area contributed by atoms with Gasteiger partial charge >= 0.3 is 6.09 Å². The Morgan fingerprint density at radius 2 is 2.10 bits per heavy atom. The summed E-state index contributed by atoms with van der Waals surface area (Å²) in [5, 5.41) is 19.1. The number of pyridine rings is 1. The first kappa shape index (κ1) is 22.1. The van der Waals surface area contributed by atoms with Gasteiger partial charge in [0.15, 0.2) is 0 Å². The molecular formula is C21H22N4O5S. The molecule has 3 heterocycles. The first-order valence-corrected chi connectivity index (χ1v) is 10.8. The van der Waals surface area contributed by atoms with E-state index in [-0.39, 0.29) is 34.8 Å². The third-order valence-electron chi connectivity index (χ3n) is 4.39. The van der Waals surface area contributed by atoms with E-state index in [0.29, 0.717) is 11.1 Å². The highest BCUT2D eigenvalue weighted by Crippen LogP contribution is 2.30. The summed E-state index contributed by atoms with van der Waals surface area (Å²) < 4.78 is 32.4. The summed E-state index contributed by atoms with van der Waals surface area (Å²) in [7, 11) is -4.05. The maximum absolute atomic E-state index is 13.2. The zero-order valence-electron chi connectivity index (χ0n) is 17.3. The topological polar surface area (TPSA) is 129 Å². The van der Waals surface area contributed by atoms with Crippen LogP contribution >= 0.6 is 0 Å². The minimum Gasteiger partial charge on any atom is -0.471 e. The molecule has 0 aliphatic carbocycles. The van der Waals surface area contributed by atoms with E-state index in [0.717, 1.165) is 10.2 Å². The Morgan fingerprint density at radius 3 is 2.68 bits per heavy atom. The van der Waals surface area contributed by atoms with Gasteiger partial charge in [-0.05, 0) is 35.2 Å². The van der Waals surface area contributed by atoms with Crippen molar-refractivity contribution in [2.75, 3.05) is 6.54 Å². The lowest BCUT2D eigenvalue weighted by atomic mass is 9.96. The van der Waals surface area contributed by atoms with Crippen molar-refractivity contribution in [3.8, 4) is 17.3 Å². The fraction of sp³-hybridized carbons (Fsp3) is 0.286. The Balaban J connectivity index is 2.15. The van der Waals surface area contributed by atoms with E-state index >= 15 is 0 Å². The van der Waals surface area contributed by atoms with Crippen molar-refractivity contribution < 1.29 is 22.7 Å². The van der Waals surface area contributed by atoms with Crippen LogP contribution < -0.4 is 0 Å². The van der Waals surface area contributed by atoms with Crippen molar-refractivity contribution in [3.63, 3.8) is 0 Å². The highest BCUT2D eigenvalue weighted by Gasteiger charge is 2.26. The predicted octanol–water partition coefficient (Wildman–Crippen LogP) is 3.78. The minimum atomic E-state index is -4.05. The fourth-order valence-electron chi connectivity index (χ4n) is 3.18. The standard InChI is InChI=1S/C21H22N4O5S/c1-21(2,3)14-24(20(26)27)11-15-9-19(17-5-4-7-23-18(17)10-22)25(12-15)31(28,29)16-6-8-30-13-16/h4-9,12-13H,11,14H2,1-3H3,(H,26,27). The van der Waals surface area contributed by atoms with Crippen LogP contribution in [0, 0.1) is 16.7 Å². The molecule has 10 heteroatoms. The van der Waals surface area contributed by atoms with Gasteiger partial charge in [0.1, 0.15) is 22.9 Å². The number of aromatic nitrogens is 2. The van der Waals surface area contributed by atoms with Crippen molar-refractivity contribution >= 4 is 16.1 Å². The zero-order chi connectivity index (χ0) is 22.8. The number of nitrogens with zero attached hydrogens (tertiary/aromatic N) is 4. The van der Waals surface area contributed by atoms with Gasteiger partial charge in [-0.2, -0.15) is 5.26 Å². The fourth-order valence-corrected chi connectivity index (χ4v) is 4.49. The Kier molecular flexibility index (Phi) is 5.90. The Morgan fingerprint density at radius 1 is 1.35 bits per heavy atom. The predicted molar refractivity (Wildman–Crippen MR) is 112 cm³/mol. The first-order valence-electron chi connectivity index (χ1n) is 9.35. The molecule has 0 unspecified atom stereocenters. The van der Waals surface area contributed by atoms with Crippen molar-refractivity contribution in [1.29, 1.82) is 5.26 Å². The molecule has 3 aromatic heterocycles. The molecule has 0 aliphatic rings. The summed E-state index contributed by atoms with van der Waals surface area (Å²) in [6.45, 7) is 5.98. The van der Waals surface area contributed by atoms with Crippen LogP contribution in [0.25, 0.3) is 11.3 Å². The van der Waals surface area contributed by atoms with Gasteiger partial charge in [-0.15, -0.1) is 0 Å². The number of carboxylic acid groups (broad SMARTS) is 1. The van der Waals surface area contributed by atoms with Gasteiger partial charge in [-0.3, -0.25) is 0 Å². The van der Waals surface area contributed by atoms with Crippen molar-refractivity contribution in [2.45, 2.75) is 32.2 Å². The highest BCUT2D eigenvalue weighted by molar-refractivity contribution is 7.90. The Hall–Kier alpha value is -3.58. The normalized spacial score (nSPS) is 11.8. The molecule has 3 rings (SSSR count). The number of furan rings is 1. The van der Waals surface area contributed by atoms with E-state index in [1.807, 2.05) is 26.8 Å². The van der Waals surface area contributed by atoms with Gasteiger partial charge in [-0.25, -0.2) is 22.2 Å². The average molecular weight is 442 g/mol. The molecule has 1 amide bonds. The number of hydrogen-bond acceptors (Lipinski definition) is 6. The molecule has 1 N–H and O–H groups in total.